The molecule has 18 heavy (non-hydrogen) atoms. The van der Waals surface area contributed by atoms with Crippen LogP contribution in [0.15, 0.2) is 96.2 Å². The van der Waals surface area contributed by atoms with Gasteiger partial charge in [0.1, 0.15) is 0 Å². The summed E-state index contributed by atoms with van der Waals surface area (Å²) in [4.78, 5) is 0. The predicted octanol–water partition coefficient (Wildman–Crippen LogP) is 5.46. The van der Waals surface area contributed by atoms with E-state index in [9.17, 15) is 0 Å². The van der Waals surface area contributed by atoms with E-state index < -0.39 is 0 Å². The largest absolute Gasteiger partial charge is 0.151 e. The standard InChI is InChI=1S/C12H10N2.C4H6/c1-3-7-11(8-4-1)13-14-12-9-5-2-6-10-12;1-3-4-2/h1-10H;3-4H,1-2H2. The third-order valence-corrected chi connectivity index (χ3v) is 1.96. The van der Waals surface area contributed by atoms with Gasteiger partial charge in [-0.3, -0.25) is 0 Å². The Labute approximate surface area is 108 Å². The van der Waals surface area contributed by atoms with Crippen LogP contribution in [-0.4, -0.2) is 0 Å². The van der Waals surface area contributed by atoms with Gasteiger partial charge in [0.25, 0.3) is 0 Å². The summed E-state index contributed by atoms with van der Waals surface area (Å²) >= 11 is 0. The zero-order chi connectivity index (χ0) is 13.1. The second kappa shape index (κ2) is 8.65. The van der Waals surface area contributed by atoms with Gasteiger partial charge in [0.2, 0.25) is 0 Å². The molecule has 0 heterocycles. The molecule has 0 atom stereocenters. The molecule has 0 spiro atoms. The Morgan fingerprint density at radius 1 is 0.611 bits per heavy atom. The minimum absolute atomic E-state index is 0.872. The molecule has 0 unspecified atom stereocenters. The van der Waals surface area contributed by atoms with Crippen LogP contribution < -0.4 is 0 Å². The van der Waals surface area contributed by atoms with E-state index in [1.807, 2.05) is 60.7 Å². The monoisotopic (exact) mass is 236 g/mol. The summed E-state index contributed by atoms with van der Waals surface area (Å²) in [7, 11) is 0. The van der Waals surface area contributed by atoms with Crippen molar-refractivity contribution in [3.05, 3.63) is 86.0 Å². The Morgan fingerprint density at radius 3 is 1.22 bits per heavy atom. The van der Waals surface area contributed by atoms with Gasteiger partial charge in [-0.25, -0.2) is 0 Å². The molecule has 0 aliphatic carbocycles. The molecule has 2 nitrogen and oxygen atoms in total. The average molecular weight is 236 g/mol. The normalized spacial score (nSPS) is 9.33. The fourth-order valence-electron chi connectivity index (χ4n) is 1.10. The minimum Gasteiger partial charge on any atom is -0.151 e. The van der Waals surface area contributed by atoms with E-state index in [4.69, 9.17) is 0 Å². The van der Waals surface area contributed by atoms with Gasteiger partial charge in [0, 0.05) is 0 Å². The molecule has 0 N–H and O–H groups in total. The lowest BCUT2D eigenvalue weighted by Gasteiger charge is -1.91. The van der Waals surface area contributed by atoms with Gasteiger partial charge >= 0.3 is 0 Å². The molecule has 0 bridgehead atoms. The molecule has 2 aromatic carbocycles. The Hall–Kier alpha value is -2.48. The third-order valence-electron chi connectivity index (χ3n) is 1.96. The predicted molar refractivity (Wildman–Crippen MR) is 77.5 cm³/mol. The molecule has 0 aliphatic rings. The van der Waals surface area contributed by atoms with Crippen molar-refractivity contribution in [2.75, 3.05) is 0 Å². The maximum absolute atomic E-state index is 4.10. The fourth-order valence-corrected chi connectivity index (χ4v) is 1.10. The van der Waals surface area contributed by atoms with Gasteiger partial charge in [0.05, 0.1) is 11.4 Å². The molecule has 2 rings (SSSR count). The van der Waals surface area contributed by atoms with Gasteiger partial charge in [-0.1, -0.05) is 61.7 Å². The van der Waals surface area contributed by atoms with Crippen LogP contribution in [0.25, 0.3) is 0 Å². The van der Waals surface area contributed by atoms with E-state index in [-0.39, 0.29) is 0 Å². The van der Waals surface area contributed by atoms with Crippen LogP contribution in [0.3, 0.4) is 0 Å². The number of hydrogen-bond donors (Lipinski definition) is 0. The average Bonchev–Trinajstić information content (AvgIpc) is 2.47. The van der Waals surface area contributed by atoms with Gasteiger partial charge < -0.3 is 0 Å². The zero-order valence-corrected chi connectivity index (χ0v) is 10.2. The van der Waals surface area contributed by atoms with Gasteiger partial charge in [0.15, 0.2) is 0 Å². The quantitative estimate of drug-likeness (QED) is 0.499. The van der Waals surface area contributed by atoms with Gasteiger partial charge in [-0.05, 0) is 24.3 Å². The first-order chi connectivity index (χ1) is 8.86. The Bertz CT molecular complexity index is 440. The SMILES string of the molecule is C=CC=C.c1ccc(N=Nc2ccccc2)cc1. The van der Waals surface area contributed by atoms with Crippen LogP contribution in [0.1, 0.15) is 0 Å². The maximum atomic E-state index is 4.10. The van der Waals surface area contributed by atoms with Crippen molar-refractivity contribution in [3.8, 4) is 0 Å². The summed E-state index contributed by atoms with van der Waals surface area (Å²) in [6.45, 7) is 6.72. The van der Waals surface area contributed by atoms with Gasteiger partial charge in [-0.15, -0.1) is 0 Å². The van der Waals surface area contributed by atoms with Crippen LogP contribution in [0.4, 0.5) is 11.4 Å². The topological polar surface area (TPSA) is 24.7 Å². The summed E-state index contributed by atoms with van der Waals surface area (Å²) in [5.74, 6) is 0. The van der Waals surface area contributed by atoms with Crippen LogP contribution in [0, 0.1) is 0 Å². The van der Waals surface area contributed by atoms with Crippen molar-refractivity contribution in [2.45, 2.75) is 0 Å². The van der Waals surface area contributed by atoms with Crippen molar-refractivity contribution in [3.63, 3.8) is 0 Å². The minimum atomic E-state index is 0.872. The van der Waals surface area contributed by atoms with E-state index >= 15 is 0 Å². The first kappa shape index (κ1) is 13.6. The molecule has 2 heteroatoms. The van der Waals surface area contributed by atoms with E-state index in [1.54, 1.807) is 12.2 Å². The molecule has 0 amide bonds. The highest BCUT2D eigenvalue weighted by atomic mass is 15.1. The number of hydrogen-bond acceptors (Lipinski definition) is 2. The highest BCUT2D eigenvalue weighted by Crippen LogP contribution is 2.16. The van der Waals surface area contributed by atoms with E-state index in [1.165, 1.54) is 0 Å². The molecule has 0 saturated carbocycles. The lowest BCUT2D eigenvalue weighted by atomic mass is 10.3. The zero-order valence-electron chi connectivity index (χ0n) is 10.2. The van der Waals surface area contributed by atoms with Crippen LogP contribution >= 0.6 is 0 Å². The van der Waals surface area contributed by atoms with Gasteiger partial charge in [-0.2, -0.15) is 10.2 Å². The Kier molecular flexibility index (Phi) is 6.53. The number of nitrogens with zero attached hydrogens (tertiary/aromatic N) is 2. The molecule has 0 aromatic heterocycles. The first-order valence-corrected chi connectivity index (χ1v) is 5.62. The molecule has 0 radical (unpaired) electrons. The molecule has 0 saturated heterocycles. The Balaban J connectivity index is 0.000000357. The van der Waals surface area contributed by atoms with Crippen LogP contribution in [0.5, 0.6) is 0 Å². The van der Waals surface area contributed by atoms with E-state index in [2.05, 4.69) is 23.4 Å². The fraction of sp³-hybridized carbons (Fsp3) is 0. The van der Waals surface area contributed by atoms with Crippen LogP contribution in [0.2, 0.25) is 0 Å². The first-order valence-electron chi connectivity index (χ1n) is 5.62. The number of benzene rings is 2. The van der Waals surface area contributed by atoms with Crippen molar-refractivity contribution < 1.29 is 0 Å². The van der Waals surface area contributed by atoms with Crippen molar-refractivity contribution in [1.29, 1.82) is 0 Å². The third kappa shape index (κ3) is 5.56. The number of rotatable bonds is 3. The molecule has 0 aliphatic heterocycles. The summed E-state index contributed by atoms with van der Waals surface area (Å²) in [6, 6.07) is 19.4. The molecular weight excluding hydrogens is 220 g/mol. The number of azo groups is 1. The highest BCUT2D eigenvalue weighted by molar-refractivity contribution is 5.39. The summed E-state index contributed by atoms with van der Waals surface area (Å²) in [5.41, 5.74) is 1.74. The van der Waals surface area contributed by atoms with Crippen molar-refractivity contribution in [1.82, 2.24) is 0 Å². The summed E-state index contributed by atoms with van der Waals surface area (Å²) in [6.07, 6.45) is 3.28. The summed E-state index contributed by atoms with van der Waals surface area (Å²) in [5, 5.41) is 8.20. The number of allylic oxidation sites excluding steroid dienone is 2. The lowest BCUT2D eigenvalue weighted by Crippen LogP contribution is -1.62. The summed E-state index contributed by atoms with van der Waals surface area (Å²) < 4.78 is 0. The van der Waals surface area contributed by atoms with Crippen LogP contribution in [-0.2, 0) is 0 Å². The molecule has 2 aromatic rings. The van der Waals surface area contributed by atoms with E-state index in [0.29, 0.717) is 0 Å². The second-order valence-corrected chi connectivity index (χ2v) is 3.34. The Morgan fingerprint density at radius 2 is 0.944 bits per heavy atom. The van der Waals surface area contributed by atoms with Crippen molar-refractivity contribution >= 4 is 11.4 Å². The van der Waals surface area contributed by atoms with Crippen molar-refractivity contribution in [2.24, 2.45) is 10.2 Å². The molecule has 0 fully saturated rings. The highest BCUT2D eigenvalue weighted by Gasteiger charge is 1.86. The molecule has 90 valence electrons. The second-order valence-electron chi connectivity index (χ2n) is 3.34. The van der Waals surface area contributed by atoms with E-state index in [0.717, 1.165) is 11.4 Å². The maximum Gasteiger partial charge on any atom is 0.0857 e. The smallest absolute Gasteiger partial charge is 0.0857 e. The molecular formula is C16H16N2. The lowest BCUT2D eigenvalue weighted by molar-refractivity contribution is 1.23.